The minimum atomic E-state index is -0.657. The highest BCUT2D eigenvalue weighted by atomic mass is 16.5. The summed E-state index contributed by atoms with van der Waals surface area (Å²) in [6.07, 6.45) is 4.72. The molecule has 0 radical (unpaired) electrons. The number of isocyanates is 1. The molecule has 0 aliphatic carbocycles. The van der Waals surface area contributed by atoms with Crippen LogP contribution in [0.1, 0.15) is 19.3 Å². The van der Waals surface area contributed by atoms with Crippen LogP contribution in [0.2, 0.25) is 0 Å². The van der Waals surface area contributed by atoms with Crippen LogP contribution in [0.25, 0.3) is 0 Å². The van der Waals surface area contributed by atoms with Crippen molar-refractivity contribution in [2.45, 2.75) is 25.3 Å². The van der Waals surface area contributed by atoms with Crippen molar-refractivity contribution in [3.05, 3.63) is 24.3 Å². The summed E-state index contributed by atoms with van der Waals surface area (Å²) in [5, 5.41) is 0. The Labute approximate surface area is 123 Å². The quantitative estimate of drug-likeness (QED) is 0.655. The lowest BCUT2D eigenvalue weighted by atomic mass is 10.1. The number of piperidine rings is 1. The van der Waals surface area contributed by atoms with Gasteiger partial charge in [0, 0.05) is 13.1 Å². The first-order valence-corrected chi connectivity index (χ1v) is 7.06. The molecule has 0 aromatic heterocycles. The van der Waals surface area contributed by atoms with Crippen molar-refractivity contribution in [3.63, 3.8) is 0 Å². The van der Waals surface area contributed by atoms with Crippen LogP contribution in [0.15, 0.2) is 29.3 Å². The van der Waals surface area contributed by atoms with Crippen LogP contribution in [0, 0.1) is 0 Å². The number of carbonyl (C=O) groups excluding carboxylic acids is 2. The molecule has 0 spiro atoms. The van der Waals surface area contributed by atoms with E-state index in [-0.39, 0.29) is 12.5 Å². The number of likely N-dealkylation sites (tertiary alicyclic amines) is 1. The molecule has 0 unspecified atom stereocenters. The van der Waals surface area contributed by atoms with Gasteiger partial charge in [0.25, 0.3) is 0 Å². The fourth-order valence-electron chi connectivity index (χ4n) is 2.28. The van der Waals surface area contributed by atoms with Crippen molar-refractivity contribution in [1.29, 1.82) is 0 Å². The standard InChI is InChI=1S/C15H19N3O3/c16-14(15(20)18-8-2-1-3-9-18)10-21-13-6-4-12(5-7-13)17-11-19/h4-7,14H,1-3,8-10,16H2/t14-/m0/s1. The first kappa shape index (κ1) is 15.2. The number of ether oxygens (including phenoxy) is 1. The van der Waals surface area contributed by atoms with Crippen molar-refractivity contribution < 1.29 is 14.3 Å². The van der Waals surface area contributed by atoms with E-state index in [4.69, 9.17) is 10.5 Å². The van der Waals surface area contributed by atoms with E-state index in [0.717, 1.165) is 25.9 Å². The number of aliphatic imine (C=N–C) groups is 1. The van der Waals surface area contributed by atoms with E-state index in [1.807, 2.05) is 0 Å². The third kappa shape index (κ3) is 4.41. The maximum Gasteiger partial charge on any atom is 0.243 e. The lowest BCUT2D eigenvalue weighted by Crippen LogP contribution is -2.48. The van der Waals surface area contributed by atoms with Crippen LogP contribution in [0.4, 0.5) is 5.69 Å². The monoisotopic (exact) mass is 289 g/mol. The SMILES string of the molecule is N[C@@H](COc1ccc(N=C=O)cc1)C(=O)N1CCCCC1. The molecule has 1 aromatic carbocycles. The third-order valence-electron chi connectivity index (χ3n) is 3.43. The molecule has 0 saturated carbocycles. The molecular weight excluding hydrogens is 270 g/mol. The highest BCUT2D eigenvalue weighted by Crippen LogP contribution is 2.17. The van der Waals surface area contributed by atoms with E-state index in [1.54, 1.807) is 29.2 Å². The second-order valence-electron chi connectivity index (χ2n) is 5.00. The molecule has 1 amide bonds. The predicted molar refractivity (Wildman–Crippen MR) is 78.1 cm³/mol. The molecule has 21 heavy (non-hydrogen) atoms. The molecule has 2 rings (SSSR count). The number of nitrogens with two attached hydrogens (primary N) is 1. The van der Waals surface area contributed by atoms with E-state index >= 15 is 0 Å². The van der Waals surface area contributed by atoms with Gasteiger partial charge in [0.2, 0.25) is 12.0 Å². The molecule has 0 bridgehead atoms. The Bertz CT molecular complexity index is 517. The van der Waals surface area contributed by atoms with Gasteiger partial charge >= 0.3 is 0 Å². The van der Waals surface area contributed by atoms with Crippen LogP contribution in [-0.2, 0) is 9.59 Å². The average Bonchev–Trinajstić information content (AvgIpc) is 2.54. The molecule has 1 aliphatic rings. The molecule has 1 atom stereocenters. The van der Waals surface area contributed by atoms with Gasteiger partial charge in [-0.05, 0) is 43.5 Å². The average molecular weight is 289 g/mol. The Balaban J connectivity index is 1.83. The normalized spacial score (nSPS) is 16.0. The molecule has 6 heteroatoms. The molecular formula is C15H19N3O3. The van der Waals surface area contributed by atoms with Gasteiger partial charge in [-0.15, -0.1) is 0 Å². The fourth-order valence-corrected chi connectivity index (χ4v) is 2.28. The smallest absolute Gasteiger partial charge is 0.243 e. The van der Waals surface area contributed by atoms with Crippen molar-refractivity contribution in [3.8, 4) is 5.75 Å². The Morgan fingerprint density at radius 2 is 1.95 bits per heavy atom. The minimum Gasteiger partial charge on any atom is -0.491 e. The number of carbonyl (C=O) groups is 1. The molecule has 1 heterocycles. The maximum atomic E-state index is 12.1. The zero-order valence-electron chi connectivity index (χ0n) is 11.8. The molecule has 1 aromatic rings. The zero-order valence-corrected chi connectivity index (χ0v) is 11.8. The number of hydrogen-bond acceptors (Lipinski definition) is 5. The largest absolute Gasteiger partial charge is 0.491 e. The van der Waals surface area contributed by atoms with Crippen LogP contribution in [0.5, 0.6) is 5.75 Å². The van der Waals surface area contributed by atoms with Gasteiger partial charge < -0.3 is 15.4 Å². The minimum absolute atomic E-state index is 0.0584. The molecule has 6 nitrogen and oxygen atoms in total. The van der Waals surface area contributed by atoms with Gasteiger partial charge in [-0.2, -0.15) is 4.99 Å². The molecule has 1 aliphatic heterocycles. The fraction of sp³-hybridized carbons (Fsp3) is 0.467. The first-order chi connectivity index (χ1) is 10.2. The third-order valence-corrected chi connectivity index (χ3v) is 3.43. The van der Waals surface area contributed by atoms with Crippen LogP contribution in [-0.4, -0.2) is 42.6 Å². The molecule has 112 valence electrons. The number of rotatable bonds is 5. The van der Waals surface area contributed by atoms with E-state index in [2.05, 4.69) is 4.99 Å². The Morgan fingerprint density at radius 3 is 2.57 bits per heavy atom. The zero-order chi connectivity index (χ0) is 15.1. The number of nitrogens with zero attached hydrogens (tertiary/aromatic N) is 2. The summed E-state index contributed by atoms with van der Waals surface area (Å²) in [5.41, 5.74) is 6.39. The molecule has 2 N–H and O–H groups in total. The van der Waals surface area contributed by atoms with Crippen molar-refractivity contribution >= 4 is 17.7 Å². The molecule has 1 saturated heterocycles. The maximum absolute atomic E-state index is 12.1. The first-order valence-electron chi connectivity index (χ1n) is 7.06. The van der Waals surface area contributed by atoms with Crippen LogP contribution in [0.3, 0.4) is 0 Å². The van der Waals surface area contributed by atoms with Crippen LogP contribution >= 0.6 is 0 Å². The van der Waals surface area contributed by atoms with Crippen molar-refractivity contribution in [2.75, 3.05) is 19.7 Å². The second kappa shape index (κ2) is 7.57. The van der Waals surface area contributed by atoms with E-state index < -0.39 is 6.04 Å². The van der Waals surface area contributed by atoms with Gasteiger partial charge in [-0.25, -0.2) is 4.79 Å². The topological polar surface area (TPSA) is 85.0 Å². The van der Waals surface area contributed by atoms with Gasteiger partial charge in [0.05, 0.1) is 5.69 Å². The molecule has 1 fully saturated rings. The Kier molecular flexibility index (Phi) is 5.49. The number of hydrogen-bond donors (Lipinski definition) is 1. The van der Waals surface area contributed by atoms with Gasteiger partial charge in [0.1, 0.15) is 18.4 Å². The van der Waals surface area contributed by atoms with Crippen molar-refractivity contribution in [2.24, 2.45) is 10.7 Å². The van der Waals surface area contributed by atoms with E-state index in [0.29, 0.717) is 11.4 Å². The predicted octanol–water partition coefficient (Wildman–Crippen LogP) is 1.37. The van der Waals surface area contributed by atoms with Gasteiger partial charge in [-0.3, -0.25) is 4.79 Å². The Morgan fingerprint density at radius 1 is 1.29 bits per heavy atom. The number of amides is 1. The van der Waals surface area contributed by atoms with Gasteiger partial charge in [0.15, 0.2) is 0 Å². The number of benzene rings is 1. The van der Waals surface area contributed by atoms with Crippen LogP contribution < -0.4 is 10.5 Å². The van der Waals surface area contributed by atoms with E-state index in [9.17, 15) is 9.59 Å². The summed E-state index contributed by atoms with van der Waals surface area (Å²) < 4.78 is 5.50. The van der Waals surface area contributed by atoms with E-state index in [1.165, 1.54) is 12.5 Å². The highest BCUT2D eigenvalue weighted by molar-refractivity contribution is 5.81. The lowest BCUT2D eigenvalue weighted by Gasteiger charge is -2.29. The summed E-state index contributed by atoms with van der Waals surface area (Å²) >= 11 is 0. The lowest BCUT2D eigenvalue weighted by molar-refractivity contribution is -0.134. The second-order valence-corrected chi connectivity index (χ2v) is 5.00. The Hall–Kier alpha value is -2.17. The summed E-state index contributed by atoms with van der Waals surface area (Å²) in [7, 11) is 0. The summed E-state index contributed by atoms with van der Waals surface area (Å²) in [4.78, 5) is 27.5. The summed E-state index contributed by atoms with van der Waals surface area (Å²) in [5.74, 6) is 0.526. The van der Waals surface area contributed by atoms with Gasteiger partial charge in [-0.1, -0.05) is 0 Å². The van der Waals surface area contributed by atoms with Crippen molar-refractivity contribution in [1.82, 2.24) is 4.90 Å². The summed E-state index contributed by atoms with van der Waals surface area (Å²) in [6, 6.07) is 5.97. The highest BCUT2D eigenvalue weighted by Gasteiger charge is 2.22. The summed E-state index contributed by atoms with van der Waals surface area (Å²) in [6.45, 7) is 1.70.